The molecule has 1 aliphatic carbocycles. The molecule has 3 nitrogen and oxygen atoms in total. The van der Waals surface area contributed by atoms with Crippen molar-refractivity contribution in [3.8, 4) is 0 Å². The molecule has 0 spiro atoms. The molecule has 3 heteroatoms. The number of hydrogen-bond donors (Lipinski definition) is 0. The lowest BCUT2D eigenvalue weighted by molar-refractivity contribution is -0.134. The average molecular weight is 178 g/mol. The lowest BCUT2D eigenvalue weighted by Crippen LogP contribution is -2.09. The standard InChI is InChI=1S/C10H10O3/c1-13-10(12)7-6-8-4-2-3-5-9(8)11/h2-8H,1H3. The Hall–Kier alpha value is -1.64. The number of allylic oxidation sites excluding steroid dienone is 5. The van der Waals surface area contributed by atoms with Crippen molar-refractivity contribution in [2.24, 2.45) is 5.92 Å². The van der Waals surface area contributed by atoms with Crippen molar-refractivity contribution < 1.29 is 14.3 Å². The van der Waals surface area contributed by atoms with Gasteiger partial charge >= 0.3 is 5.97 Å². The third-order valence-corrected chi connectivity index (χ3v) is 1.66. The van der Waals surface area contributed by atoms with Gasteiger partial charge in [0.15, 0.2) is 5.78 Å². The molecule has 0 aliphatic heterocycles. The molecule has 0 saturated heterocycles. The van der Waals surface area contributed by atoms with Gasteiger partial charge in [0.05, 0.1) is 13.0 Å². The first-order valence-corrected chi connectivity index (χ1v) is 3.89. The summed E-state index contributed by atoms with van der Waals surface area (Å²) in [5.41, 5.74) is 0. The van der Waals surface area contributed by atoms with Crippen molar-refractivity contribution in [2.75, 3.05) is 7.11 Å². The van der Waals surface area contributed by atoms with E-state index in [-0.39, 0.29) is 11.7 Å². The van der Waals surface area contributed by atoms with Gasteiger partial charge < -0.3 is 4.74 Å². The van der Waals surface area contributed by atoms with Crippen LogP contribution in [0.2, 0.25) is 0 Å². The number of ketones is 1. The van der Waals surface area contributed by atoms with Crippen LogP contribution >= 0.6 is 0 Å². The highest BCUT2D eigenvalue weighted by molar-refractivity contribution is 5.96. The molecule has 0 amide bonds. The maximum Gasteiger partial charge on any atom is 0.330 e. The molecule has 0 aromatic rings. The molecule has 0 fully saturated rings. The summed E-state index contributed by atoms with van der Waals surface area (Å²) in [5, 5.41) is 0. The number of methoxy groups -OCH3 is 1. The number of carbonyl (C=O) groups excluding carboxylic acids is 2. The highest BCUT2D eigenvalue weighted by atomic mass is 16.5. The molecule has 0 radical (unpaired) electrons. The van der Waals surface area contributed by atoms with Gasteiger partial charge in [0.1, 0.15) is 0 Å². The fraction of sp³-hybridized carbons (Fsp3) is 0.200. The van der Waals surface area contributed by atoms with E-state index in [9.17, 15) is 9.59 Å². The summed E-state index contributed by atoms with van der Waals surface area (Å²) in [6, 6.07) is 0. The summed E-state index contributed by atoms with van der Waals surface area (Å²) < 4.78 is 4.40. The first kappa shape index (κ1) is 9.45. The Kier molecular flexibility index (Phi) is 3.20. The van der Waals surface area contributed by atoms with Crippen LogP contribution in [0.1, 0.15) is 0 Å². The molecule has 0 aromatic carbocycles. The van der Waals surface area contributed by atoms with E-state index in [1.54, 1.807) is 18.2 Å². The van der Waals surface area contributed by atoms with Crippen LogP contribution < -0.4 is 0 Å². The van der Waals surface area contributed by atoms with Gasteiger partial charge in [-0.25, -0.2) is 4.79 Å². The third-order valence-electron chi connectivity index (χ3n) is 1.66. The Labute approximate surface area is 76.4 Å². The van der Waals surface area contributed by atoms with Crippen LogP contribution in [-0.4, -0.2) is 18.9 Å². The molecule has 1 aliphatic rings. The van der Waals surface area contributed by atoms with Crippen LogP contribution in [0.15, 0.2) is 36.5 Å². The minimum Gasteiger partial charge on any atom is -0.466 e. The Balaban J connectivity index is 2.59. The molecule has 1 unspecified atom stereocenters. The van der Waals surface area contributed by atoms with Crippen molar-refractivity contribution >= 4 is 11.8 Å². The summed E-state index contributed by atoms with van der Waals surface area (Å²) >= 11 is 0. The van der Waals surface area contributed by atoms with Crippen molar-refractivity contribution in [3.63, 3.8) is 0 Å². The second-order valence-electron chi connectivity index (χ2n) is 2.55. The summed E-state index contributed by atoms with van der Waals surface area (Å²) in [5.74, 6) is -0.803. The fourth-order valence-electron chi connectivity index (χ4n) is 0.949. The molecule has 0 N–H and O–H groups in total. The zero-order chi connectivity index (χ0) is 9.68. The Morgan fingerprint density at radius 2 is 2.31 bits per heavy atom. The first-order chi connectivity index (χ1) is 6.24. The number of rotatable bonds is 2. The molecule has 13 heavy (non-hydrogen) atoms. The van der Waals surface area contributed by atoms with E-state index in [2.05, 4.69) is 4.74 Å². The van der Waals surface area contributed by atoms with Crippen LogP contribution in [0.25, 0.3) is 0 Å². The Morgan fingerprint density at radius 1 is 1.54 bits per heavy atom. The number of esters is 1. The largest absolute Gasteiger partial charge is 0.466 e. The quantitative estimate of drug-likeness (QED) is 0.468. The van der Waals surface area contributed by atoms with E-state index in [0.29, 0.717) is 0 Å². The molecular formula is C10H10O3. The summed E-state index contributed by atoms with van der Waals surface area (Å²) in [6.07, 6.45) is 9.42. The maximum atomic E-state index is 11.2. The highest BCUT2D eigenvalue weighted by Crippen LogP contribution is 2.09. The van der Waals surface area contributed by atoms with Gasteiger partial charge in [-0.15, -0.1) is 0 Å². The van der Waals surface area contributed by atoms with E-state index in [0.717, 1.165) is 0 Å². The van der Waals surface area contributed by atoms with E-state index >= 15 is 0 Å². The topological polar surface area (TPSA) is 43.4 Å². The number of hydrogen-bond acceptors (Lipinski definition) is 3. The van der Waals surface area contributed by atoms with E-state index in [1.807, 2.05) is 0 Å². The summed E-state index contributed by atoms with van der Waals surface area (Å²) in [6.45, 7) is 0. The van der Waals surface area contributed by atoms with Crippen molar-refractivity contribution in [1.29, 1.82) is 0 Å². The van der Waals surface area contributed by atoms with Gasteiger partial charge in [-0.05, 0) is 6.08 Å². The zero-order valence-corrected chi connectivity index (χ0v) is 7.27. The van der Waals surface area contributed by atoms with Gasteiger partial charge in [0, 0.05) is 6.08 Å². The van der Waals surface area contributed by atoms with E-state index in [1.165, 1.54) is 25.3 Å². The Morgan fingerprint density at radius 3 is 2.92 bits per heavy atom. The average Bonchev–Trinajstić information content (AvgIpc) is 2.16. The SMILES string of the molecule is COC(=O)C=CC1C=CC=CC1=O. The van der Waals surface area contributed by atoms with Crippen molar-refractivity contribution in [2.45, 2.75) is 0 Å². The fourth-order valence-corrected chi connectivity index (χ4v) is 0.949. The first-order valence-electron chi connectivity index (χ1n) is 3.89. The van der Waals surface area contributed by atoms with Gasteiger partial charge in [-0.1, -0.05) is 24.3 Å². The second kappa shape index (κ2) is 4.40. The molecule has 0 heterocycles. The smallest absolute Gasteiger partial charge is 0.330 e. The normalized spacial score (nSPS) is 21.0. The third kappa shape index (κ3) is 2.71. The monoisotopic (exact) mass is 178 g/mol. The van der Waals surface area contributed by atoms with Gasteiger partial charge in [-0.3, -0.25) is 4.79 Å². The molecule has 1 rings (SSSR count). The van der Waals surface area contributed by atoms with E-state index < -0.39 is 5.97 Å². The van der Waals surface area contributed by atoms with Gasteiger partial charge in [-0.2, -0.15) is 0 Å². The lowest BCUT2D eigenvalue weighted by Gasteiger charge is -2.04. The van der Waals surface area contributed by atoms with Crippen LogP contribution in [-0.2, 0) is 14.3 Å². The van der Waals surface area contributed by atoms with Gasteiger partial charge in [0.2, 0.25) is 0 Å². The Bertz CT molecular complexity index is 297. The van der Waals surface area contributed by atoms with Gasteiger partial charge in [0.25, 0.3) is 0 Å². The summed E-state index contributed by atoms with van der Waals surface area (Å²) in [4.78, 5) is 21.9. The molecular weight excluding hydrogens is 168 g/mol. The predicted octanol–water partition coefficient (Wildman–Crippen LogP) is 1.03. The van der Waals surface area contributed by atoms with Crippen LogP contribution in [0.3, 0.4) is 0 Å². The molecule has 1 atom stereocenters. The van der Waals surface area contributed by atoms with E-state index in [4.69, 9.17) is 0 Å². The van der Waals surface area contributed by atoms with Crippen LogP contribution in [0.5, 0.6) is 0 Å². The second-order valence-corrected chi connectivity index (χ2v) is 2.55. The molecule has 68 valence electrons. The molecule has 0 saturated carbocycles. The maximum absolute atomic E-state index is 11.2. The highest BCUT2D eigenvalue weighted by Gasteiger charge is 2.10. The number of carbonyl (C=O) groups is 2. The zero-order valence-electron chi connectivity index (χ0n) is 7.27. The molecule has 0 bridgehead atoms. The lowest BCUT2D eigenvalue weighted by atomic mass is 9.99. The van der Waals surface area contributed by atoms with Crippen LogP contribution in [0.4, 0.5) is 0 Å². The van der Waals surface area contributed by atoms with Crippen LogP contribution in [0, 0.1) is 5.92 Å². The summed E-state index contributed by atoms with van der Waals surface area (Å²) in [7, 11) is 1.30. The minimum atomic E-state index is -0.448. The predicted molar refractivity (Wildman–Crippen MR) is 47.9 cm³/mol. The molecule has 0 aromatic heterocycles. The van der Waals surface area contributed by atoms with Crippen molar-refractivity contribution in [3.05, 3.63) is 36.5 Å². The number of ether oxygens (including phenoxy) is 1. The minimum absolute atomic E-state index is 0.0253. The van der Waals surface area contributed by atoms with Crippen molar-refractivity contribution in [1.82, 2.24) is 0 Å².